The lowest BCUT2D eigenvalue weighted by Gasteiger charge is -2.23. The Morgan fingerprint density at radius 1 is 0.895 bits per heavy atom. The Bertz CT molecular complexity index is 1150. The Morgan fingerprint density at radius 2 is 1.68 bits per heavy atom. The Kier molecular flexibility index (Phi) is 9.67. The van der Waals surface area contributed by atoms with Gasteiger partial charge in [0.2, 0.25) is 5.95 Å². The molecule has 2 N–H and O–H groups in total. The first-order valence-corrected chi connectivity index (χ1v) is 13.4. The van der Waals surface area contributed by atoms with Crippen LogP contribution in [0.15, 0.2) is 54.7 Å². The van der Waals surface area contributed by atoms with Crippen LogP contribution in [0.2, 0.25) is 0 Å². The number of anilines is 4. The van der Waals surface area contributed by atoms with Crippen LogP contribution in [0.4, 0.5) is 36.3 Å². The summed E-state index contributed by atoms with van der Waals surface area (Å²) in [6.07, 6.45) is 6.24. The number of alkyl halides is 3. The van der Waals surface area contributed by atoms with Gasteiger partial charge in [-0.05, 0) is 68.5 Å². The molecule has 0 saturated heterocycles. The summed E-state index contributed by atoms with van der Waals surface area (Å²) >= 11 is 0. The summed E-state index contributed by atoms with van der Waals surface area (Å²) in [6.45, 7) is 2.81. The first-order chi connectivity index (χ1) is 18.4. The highest BCUT2D eigenvalue weighted by atomic mass is 19.4. The number of ether oxygens (including phenoxy) is 2. The van der Waals surface area contributed by atoms with E-state index < -0.39 is 11.7 Å². The van der Waals surface area contributed by atoms with Crippen molar-refractivity contribution in [1.29, 1.82) is 0 Å². The van der Waals surface area contributed by atoms with Gasteiger partial charge in [-0.1, -0.05) is 38.7 Å². The van der Waals surface area contributed by atoms with Crippen molar-refractivity contribution in [2.75, 3.05) is 17.2 Å². The quantitative estimate of drug-likeness (QED) is 0.229. The fraction of sp³-hybridized carbons (Fsp3) is 0.448. The molecule has 0 spiro atoms. The fourth-order valence-electron chi connectivity index (χ4n) is 4.39. The van der Waals surface area contributed by atoms with E-state index in [1.807, 2.05) is 18.2 Å². The monoisotopic (exact) mass is 528 g/mol. The van der Waals surface area contributed by atoms with Crippen molar-refractivity contribution in [1.82, 2.24) is 9.97 Å². The zero-order valence-electron chi connectivity index (χ0n) is 21.7. The van der Waals surface area contributed by atoms with Crippen LogP contribution in [0.3, 0.4) is 0 Å². The molecule has 1 fully saturated rings. The first-order valence-electron chi connectivity index (χ1n) is 13.4. The van der Waals surface area contributed by atoms with Crippen LogP contribution in [-0.2, 0) is 6.18 Å². The molecule has 9 heteroatoms. The number of aromatic nitrogens is 2. The zero-order chi connectivity index (χ0) is 26.8. The van der Waals surface area contributed by atoms with Crippen molar-refractivity contribution in [3.05, 3.63) is 60.3 Å². The number of unbranched alkanes of at least 4 members (excludes halogenated alkanes) is 3. The highest BCUT2D eigenvalue weighted by Crippen LogP contribution is 2.36. The Balaban J connectivity index is 1.44. The Morgan fingerprint density at radius 3 is 2.42 bits per heavy atom. The van der Waals surface area contributed by atoms with Gasteiger partial charge in [0.25, 0.3) is 0 Å². The third-order valence-corrected chi connectivity index (χ3v) is 6.42. The minimum atomic E-state index is -4.62. The van der Waals surface area contributed by atoms with Crippen LogP contribution >= 0.6 is 0 Å². The third-order valence-electron chi connectivity index (χ3n) is 6.42. The maximum Gasteiger partial charge on any atom is 0.421 e. The van der Waals surface area contributed by atoms with E-state index in [1.54, 1.807) is 30.3 Å². The van der Waals surface area contributed by atoms with Gasteiger partial charge in [-0.15, -0.1) is 0 Å². The van der Waals surface area contributed by atoms with E-state index in [2.05, 4.69) is 27.5 Å². The van der Waals surface area contributed by atoms with Crippen LogP contribution in [-0.4, -0.2) is 22.7 Å². The normalized spacial score (nSPS) is 14.2. The summed E-state index contributed by atoms with van der Waals surface area (Å²) in [5.74, 6) is 1.06. The summed E-state index contributed by atoms with van der Waals surface area (Å²) in [7, 11) is 0. The number of hydrogen-bond donors (Lipinski definition) is 2. The molecule has 1 aliphatic carbocycles. The van der Waals surface area contributed by atoms with Gasteiger partial charge in [-0.2, -0.15) is 18.2 Å². The average molecular weight is 529 g/mol. The first kappa shape index (κ1) is 27.5. The molecule has 204 valence electrons. The lowest BCUT2D eigenvalue weighted by atomic mass is 9.98. The van der Waals surface area contributed by atoms with Gasteiger partial charge < -0.3 is 20.1 Å². The van der Waals surface area contributed by atoms with E-state index in [-0.39, 0.29) is 17.9 Å². The number of benzene rings is 2. The second-order valence-electron chi connectivity index (χ2n) is 9.54. The third kappa shape index (κ3) is 8.26. The lowest BCUT2D eigenvalue weighted by Crippen LogP contribution is -2.19. The molecule has 0 radical (unpaired) electrons. The molecule has 6 nitrogen and oxygen atoms in total. The lowest BCUT2D eigenvalue weighted by molar-refractivity contribution is -0.137. The molecular weight excluding hydrogens is 493 g/mol. The molecule has 38 heavy (non-hydrogen) atoms. The molecule has 0 unspecified atom stereocenters. The van der Waals surface area contributed by atoms with Crippen molar-refractivity contribution in [3.63, 3.8) is 0 Å². The van der Waals surface area contributed by atoms with Gasteiger partial charge in [0.05, 0.1) is 12.7 Å². The Hall–Kier alpha value is -3.49. The van der Waals surface area contributed by atoms with E-state index in [0.29, 0.717) is 23.7 Å². The van der Waals surface area contributed by atoms with Gasteiger partial charge in [-0.3, -0.25) is 0 Å². The molecular formula is C29H35F3N4O2. The van der Waals surface area contributed by atoms with E-state index in [4.69, 9.17) is 9.47 Å². The van der Waals surface area contributed by atoms with Gasteiger partial charge in [0.15, 0.2) is 0 Å². The maximum atomic E-state index is 13.7. The van der Waals surface area contributed by atoms with Gasteiger partial charge in [0, 0.05) is 23.6 Å². The van der Waals surface area contributed by atoms with Crippen LogP contribution in [0.5, 0.6) is 11.5 Å². The second kappa shape index (κ2) is 13.3. The molecule has 3 aromatic rings. The highest BCUT2D eigenvalue weighted by Gasteiger charge is 2.35. The standard InChI is InChI=1S/C29H35F3N4O2/c1-2-3-4-8-18-37-23-16-14-21(15-17-23)35-28-33-20-26(29(30,31)32)27(36-28)34-22-10-9-13-25(19-22)38-24-11-6-5-7-12-24/h9-10,13-17,19-20,24H,2-8,11-12,18H2,1H3,(H2,33,34,35,36). The van der Waals surface area contributed by atoms with Crippen molar-refractivity contribution >= 4 is 23.1 Å². The van der Waals surface area contributed by atoms with Crippen LogP contribution in [0.25, 0.3) is 0 Å². The van der Waals surface area contributed by atoms with Crippen molar-refractivity contribution in [2.24, 2.45) is 0 Å². The van der Waals surface area contributed by atoms with Gasteiger partial charge in [-0.25, -0.2) is 4.98 Å². The van der Waals surface area contributed by atoms with E-state index in [1.165, 1.54) is 19.3 Å². The summed E-state index contributed by atoms with van der Waals surface area (Å²) in [5.41, 5.74) is 0.138. The summed E-state index contributed by atoms with van der Waals surface area (Å²) in [4.78, 5) is 8.05. The molecule has 1 heterocycles. The molecule has 1 aromatic heterocycles. The summed E-state index contributed by atoms with van der Waals surface area (Å²) < 4.78 is 53.0. The van der Waals surface area contributed by atoms with Gasteiger partial charge >= 0.3 is 6.18 Å². The predicted octanol–water partition coefficient (Wildman–Crippen LogP) is 8.65. The van der Waals surface area contributed by atoms with Crippen molar-refractivity contribution in [2.45, 2.75) is 77.0 Å². The SMILES string of the molecule is CCCCCCOc1ccc(Nc2ncc(C(F)(F)F)c(Nc3cccc(OC4CCCCC4)c3)n2)cc1. The van der Waals surface area contributed by atoms with Crippen LogP contribution in [0.1, 0.15) is 70.3 Å². The molecule has 0 amide bonds. The Labute approximate surface area is 222 Å². The molecule has 0 atom stereocenters. The predicted molar refractivity (Wildman–Crippen MR) is 144 cm³/mol. The molecule has 0 bridgehead atoms. The topological polar surface area (TPSA) is 68.3 Å². The maximum absolute atomic E-state index is 13.7. The average Bonchev–Trinajstić information content (AvgIpc) is 2.90. The minimum absolute atomic E-state index is 0.0448. The van der Waals surface area contributed by atoms with Gasteiger partial charge in [0.1, 0.15) is 22.9 Å². The molecule has 0 aliphatic heterocycles. The van der Waals surface area contributed by atoms with E-state index in [0.717, 1.165) is 50.5 Å². The molecule has 4 rings (SSSR count). The number of hydrogen-bond acceptors (Lipinski definition) is 6. The molecule has 1 saturated carbocycles. The number of halogens is 3. The zero-order valence-corrected chi connectivity index (χ0v) is 21.7. The van der Waals surface area contributed by atoms with E-state index in [9.17, 15) is 13.2 Å². The smallest absolute Gasteiger partial charge is 0.421 e. The van der Waals surface area contributed by atoms with Crippen molar-refractivity contribution < 1.29 is 22.6 Å². The largest absolute Gasteiger partial charge is 0.494 e. The minimum Gasteiger partial charge on any atom is -0.494 e. The number of nitrogens with zero attached hydrogens (tertiary/aromatic N) is 2. The van der Waals surface area contributed by atoms with Crippen LogP contribution < -0.4 is 20.1 Å². The van der Waals surface area contributed by atoms with Crippen LogP contribution in [0, 0.1) is 0 Å². The molecule has 2 aromatic carbocycles. The number of rotatable bonds is 12. The van der Waals surface area contributed by atoms with Crippen molar-refractivity contribution in [3.8, 4) is 11.5 Å². The summed E-state index contributed by atoms with van der Waals surface area (Å²) in [6, 6.07) is 14.1. The second-order valence-corrected chi connectivity index (χ2v) is 9.54. The van der Waals surface area contributed by atoms with E-state index >= 15 is 0 Å². The number of nitrogens with one attached hydrogen (secondary N) is 2. The highest BCUT2D eigenvalue weighted by molar-refractivity contribution is 5.64. The fourth-order valence-corrected chi connectivity index (χ4v) is 4.39. The summed E-state index contributed by atoms with van der Waals surface area (Å²) in [5, 5.41) is 5.79. The molecule has 1 aliphatic rings.